The number of aromatic nitrogens is 2. The first-order chi connectivity index (χ1) is 13.5. The van der Waals surface area contributed by atoms with E-state index >= 15 is 0 Å². The third-order valence-electron chi connectivity index (χ3n) is 4.38. The summed E-state index contributed by atoms with van der Waals surface area (Å²) in [7, 11) is 0. The Bertz CT molecular complexity index is 1040. The molecule has 5 nitrogen and oxygen atoms in total. The number of fused-ring (bicyclic) bond motifs is 1. The van der Waals surface area contributed by atoms with Crippen LogP contribution in [0.4, 0.5) is 13.2 Å². The van der Waals surface area contributed by atoms with Crippen LogP contribution in [0.5, 0.6) is 5.75 Å². The molecule has 142 valence electrons. The van der Waals surface area contributed by atoms with Crippen LogP contribution >= 0.6 is 0 Å². The van der Waals surface area contributed by atoms with Gasteiger partial charge in [-0.2, -0.15) is 0 Å². The molecule has 0 fully saturated rings. The van der Waals surface area contributed by atoms with Crippen LogP contribution < -0.4 is 10.1 Å². The summed E-state index contributed by atoms with van der Waals surface area (Å²) in [4.78, 5) is 20.6. The smallest absolute Gasteiger partial charge is 0.254 e. The molecular formula is C20H14F3N3O2. The average Bonchev–Trinajstić information content (AvgIpc) is 3.12. The van der Waals surface area contributed by atoms with Gasteiger partial charge in [0.25, 0.3) is 5.91 Å². The molecule has 0 saturated heterocycles. The molecule has 1 aliphatic heterocycles. The number of carbonyl (C=O) groups excluding carboxylic acids is 1. The Morgan fingerprint density at radius 3 is 2.61 bits per heavy atom. The van der Waals surface area contributed by atoms with E-state index < -0.39 is 35.0 Å². The van der Waals surface area contributed by atoms with Crippen molar-refractivity contribution in [2.75, 3.05) is 6.54 Å². The molecule has 1 aliphatic rings. The first-order valence-electron chi connectivity index (χ1n) is 8.51. The second-order valence-electron chi connectivity index (χ2n) is 6.27. The van der Waals surface area contributed by atoms with Crippen molar-refractivity contribution >= 4 is 5.91 Å². The highest BCUT2D eigenvalue weighted by Crippen LogP contribution is 2.37. The lowest BCUT2D eigenvalue weighted by molar-refractivity contribution is 0.0929. The molecule has 1 N–H and O–H groups in total. The number of hydrogen-bond acceptors (Lipinski definition) is 4. The lowest BCUT2D eigenvalue weighted by atomic mass is 10.1. The Morgan fingerprint density at radius 1 is 1.07 bits per heavy atom. The average molecular weight is 385 g/mol. The lowest BCUT2D eigenvalue weighted by Gasteiger charge is -2.13. The maximum Gasteiger partial charge on any atom is 0.254 e. The van der Waals surface area contributed by atoms with Crippen molar-refractivity contribution in [2.24, 2.45) is 0 Å². The molecule has 2 heterocycles. The molecule has 28 heavy (non-hydrogen) atoms. The third-order valence-corrected chi connectivity index (χ3v) is 4.38. The number of para-hydroxylation sites is 1. The van der Waals surface area contributed by atoms with Gasteiger partial charge in [0.2, 0.25) is 0 Å². The number of rotatable bonds is 4. The molecule has 0 saturated carbocycles. The van der Waals surface area contributed by atoms with Gasteiger partial charge in [0.05, 0.1) is 17.7 Å². The van der Waals surface area contributed by atoms with Crippen molar-refractivity contribution < 1.29 is 22.7 Å². The predicted octanol–water partition coefficient (Wildman–Crippen LogP) is 3.29. The summed E-state index contributed by atoms with van der Waals surface area (Å²) in [6, 6.07) is 8.20. The largest absolute Gasteiger partial charge is 0.487 e. The molecular weight excluding hydrogens is 371 g/mol. The van der Waals surface area contributed by atoms with E-state index in [0.29, 0.717) is 30.1 Å². The van der Waals surface area contributed by atoms with Gasteiger partial charge in [0.1, 0.15) is 17.7 Å². The Labute approximate surface area is 158 Å². The summed E-state index contributed by atoms with van der Waals surface area (Å²) in [5.74, 6) is -3.46. The van der Waals surface area contributed by atoms with E-state index in [9.17, 15) is 18.0 Å². The van der Waals surface area contributed by atoms with Crippen LogP contribution in [0.3, 0.4) is 0 Å². The summed E-state index contributed by atoms with van der Waals surface area (Å²) in [5.41, 5.74) is 1.11. The Hall–Kier alpha value is -3.42. The topological polar surface area (TPSA) is 64.1 Å². The SMILES string of the molecule is O=C(NC[C@@H]1Cc2cccc(-c3ncccn3)c2O1)c1cc(F)c(F)cc1F. The van der Waals surface area contributed by atoms with Crippen molar-refractivity contribution in [1.29, 1.82) is 0 Å². The van der Waals surface area contributed by atoms with E-state index in [2.05, 4.69) is 15.3 Å². The third kappa shape index (κ3) is 3.40. The molecule has 1 amide bonds. The second kappa shape index (κ2) is 7.30. The van der Waals surface area contributed by atoms with Crippen molar-refractivity contribution in [2.45, 2.75) is 12.5 Å². The van der Waals surface area contributed by atoms with Gasteiger partial charge in [-0.05, 0) is 23.8 Å². The zero-order valence-corrected chi connectivity index (χ0v) is 14.5. The van der Waals surface area contributed by atoms with Gasteiger partial charge in [0, 0.05) is 24.9 Å². The van der Waals surface area contributed by atoms with Crippen molar-refractivity contribution in [3.05, 3.63) is 77.4 Å². The Balaban J connectivity index is 1.46. The fraction of sp³-hybridized carbons (Fsp3) is 0.150. The highest BCUT2D eigenvalue weighted by atomic mass is 19.2. The number of carbonyl (C=O) groups is 1. The maximum absolute atomic E-state index is 13.7. The first-order valence-corrected chi connectivity index (χ1v) is 8.51. The highest BCUT2D eigenvalue weighted by Gasteiger charge is 2.27. The minimum Gasteiger partial charge on any atom is -0.487 e. The van der Waals surface area contributed by atoms with E-state index in [4.69, 9.17) is 4.74 Å². The number of amides is 1. The fourth-order valence-corrected chi connectivity index (χ4v) is 3.06. The van der Waals surface area contributed by atoms with E-state index in [1.165, 1.54) is 0 Å². The number of benzene rings is 2. The normalized spacial score (nSPS) is 15.0. The summed E-state index contributed by atoms with van der Waals surface area (Å²) in [5, 5.41) is 2.50. The molecule has 0 spiro atoms. The standard InChI is InChI=1S/C20H14F3N3O2/c21-15-9-17(23)16(22)8-14(15)20(27)26-10-12-7-11-3-1-4-13(18(11)28-12)19-24-5-2-6-25-19/h1-6,8-9,12H,7,10H2,(H,26,27)/t12-/m0/s1. The van der Waals surface area contributed by atoms with Crippen LogP contribution in [0.1, 0.15) is 15.9 Å². The van der Waals surface area contributed by atoms with Gasteiger partial charge in [0.15, 0.2) is 17.5 Å². The second-order valence-corrected chi connectivity index (χ2v) is 6.27. The van der Waals surface area contributed by atoms with Gasteiger partial charge < -0.3 is 10.1 Å². The molecule has 0 unspecified atom stereocenters. The number of ether oxygens (including phenoxy) is 1. The summed E-state index contributed by atoms with van der Waals surface area (Å²) >= 11 is 0. The highest BCUT2D eigenvalue weighted by molar-refractivity contribution is 5.94. The number of hydrogen-bond donors (Lipinski definition) is 1. The molecule has 0 aliphatic carbocycles. The Morgan fingerprint density at radius 2 is 1.82 bits per heavy atom. The molecule has 8 heteroatoms. The molecule has 4 rings (SSSR count). The van der Waals surface area contributed by atoms with Crippen molar-refractivity contribution in [1.82, 2.24) is 15.3 Å². The van der Waals surface area contributed by atoms with Gasteiger partial charge in [-0.3, -0.25) is 4.79 Å². The van der Waals surface area contributed by atoms with E-state index in [1.54, 1.807) is 18.5 Å². The van der Waals surface area contributed by atoms with Gasteiger partial charge in [-0.25, -0.2) is 23.1 Å². The molecule has 1 atom stereocenters. The zero-order chi connectivity index (χ0) is 19.7. The molecule has 1 aromatic heterocycles. The monoisotopic (exact) mass is 385 g/mol. The summed E-state index contributed by atoms with van der Waals surface area (Å²) in [6.07, 6.45) is 3.39. The minimum absolute atomic E-state index is 0.0705. The van der Waals surface area contributed by atoms with Crippen LogP contribution in [-0.4, -0.2) is 28.5 Å². The molecule has 0 radical (unpaired) electrons. The first kappa shape index (κ1) is 18.0. The predicted molar refractivity (Wildman–Crippen MR) is 94.2 cm³/mol. The fourth-order valence-electron chi connectivity index (χ4n) is 3.06. The Kier molecular flexibility index (Phi) is 4.68. The molecule has 0 bridgehead atoms. The van der Waals surface area contributed by atoms with Crippen molar-refractivity contribution in [3.63, 3.8) is 0 Å². The minimum atomic E-state index is -1.35. The van der Waals surface area contributed by atoms with Crippen LogP contribution in [0.25, 0.3) is 11.4 Å². The van der Waals surface area contributed by atoms with E-state index in [-0.39, 0.29) is 6.54 Å². The van der Waals surface area contributed by atoms with Gasteiger partial charge in [-0.1, -0.05) is 12.1 Å². The zero-order valence-electron chi connectivity index (χ0n) is 14.5. The van der Waals surface area contributed by atoms with Gasteiger partial charge in [-0.15, -0.1) is 0 Å². The maximum atomic E-state index is 13.7. The van der Waals surface area contributed by atoms with Crippen LogP contribution in [-0.2, 0) is 6.42 Å². The molecule has 2 aromatic carbocycles. The number of halogens is 3. The van der Waals surface area contributed by atoms with E-state index in [0.717, 1.165) is 11.1 Å². The lowest BCUT2D eigenvalue weighted by Crippen LogP contribution is -2.35. The number of nitrogens with one attached hydrogen (secondary N) is 1. The van der Waals surface area contributed by atoms with Crippen LogP contribution in [0, 0.1) is 17.5 Å². The van der Waals surface area contributed by atoms with Gasteiger partial charge >= 0.3 is 0 Å². The van der Waals surface area contributed by atoms with E-state index in [1.807, 2.05) is 18.2 Å². The van der Waals surface area contributed by atoms with Crippen LogP contribution in [0.15, 0.2) is 48.8 Å². The number of nitrogens with zero attached hydrogens (tertiary/aromatic N) is 2. The summed E-state index contributed by atoms with van der Waals surface area (Å²) in [6.45, 7) is 0.0705. The molecule has 3 aromatic rings. The summed E-state index contributed by atoms with van der Waals surface area (Å²) < 4.78 is 45.9. The quantitative estimate of drug-likeness (QED) is 0.700. The van der Waals surface area contributed by atoms with Crippen LogP contribution in [0.2, 0.25) is 0 Å². The van der Waals surface area contributed by atoms with Crippen molar-refractivity contribution in [3.8, 4) is 17.1 Å².